The number of carbonyl (C=O) groups excluding carboxylic acids is 1. The second kappa shape index (κ2) is 25.6. The Morgan fingerprint density at radius 2 is 0.687 bits per heavy atom. The van der Waals surface area contributed by atoms with Crippen molar-refractivity contribution in [2.75, 3.05) is 33.0 Å². The highest BCUT2D eigenvalue weighted by Crippen LogP contribution is 2.49. The molecule has 358 valence electrons. The van der Waals surface area contributed by atoms with Gasteiger partial charge in [0.05, 0.1) is 33.0 Å². The summed E-state index contributed by atoms with van der Waals surface area (Å²) < 4.78 is 39.4. The third-order valence-electron chi connectivity index (χ3n) is 13.2. The fourth-order valence-electron chi connectivity index (χ4n) is 9.53. The van der Waals surface area contributed by atoms with E-state index in [2.05, 4.69) is 113 Å². The zero-order valence-electron chi connectivity index (χ0n) is 41.3. The summed E-state index contributed by atoms with van der Waals surface area (Å²) >= 11 is 0. The van der Waals surface area contributed by atoms with E-state index in [4.69, 9.17) is 28.4 Å². The molecule has 0 bridgehead atoms. The number of unbranched alkanes of at least 4 members (excludes halogenated alkanes) is 10. The summed E-state index contributed by atoms with van der Waals surface area (Å²) in [7, 11) is 0. The molecule has 0 unspecified atom stereocenters. The molecule has 0 atom stereocenters. The Labute approximate surface area is 400 Å². The molecule has 0 N–H and O–H groups in total. The number of esters is 1. The van der Waals surface area contributed by atoms with Gasteiger partial charge in [-0.1, -0.05) is 147 Å². The number of hydrogen-bond acceptors (Lipinski definition) is 7. The Balaban J connectivity index is 1.32. The SMILES string of the molecule is CCCCCOc1cc2c3cc(OCCCCC)c(OCCCCC)cc3c3cc(OC(=O)CCCC4c5ccccc5-c5ccccc54)c(OCCCCC)cc3c2cc1OCCCCC. The van der Waals surface area contributed by atoms with Crippen molar-refractivity contribution >= 4 is 38.3 Å². The maximum absolute atomic E-state index is 14.0. The van der Waals surface area contributed by atoms with E-state index in [1.54, 1.807) is 0 Å². The van der Waals surface area contributed by atoms with Crippen LogP contribution in [0.2, 0.25) is 0 Å². The Kier molecular flexibility index (Phi) is 18.9. The van der Waals surface area contributed by atoms with Gasteiger partial charge in [-0.2, -0.15) is 0 Å². The van der Waals surface area contributed by atoms with Crippen molar-refractivity contribution in [3.63, 3.8) is 0 Å². The molecule has 6 aromatic rings. The zero-order valence-corrected chi connectivity index (χ0v) is 41.3. The Morgan fingerprint density at radius 3 is 1.01 bits per heavy atom. The monoisotopic (exact) mass is 909 g/mol. The van der Waals surface area contributed by atoms with Crippen molar-refractivity contribution in [2.45, 2.75) is 156 Å². The number of hydrogen-bond donors (Lipinski definition) is 0. The molecule has 7 heteroatoms. The zero-order chi connectivity index (χ0) is 46.8. The lowest BCUT2D eigenvalue weighted by molar-refractivity contribution is -0.134. The molecule has 0 heterocycles. The van der Waals surface area contributed by atoms with Crippen LogP contribution in [-0.2, 0) is 4.79 Å². The second-order valence-electron chi connectivity index (χ2n) is 18.4. The Hall–Kier alpha value is -5.43. The van der Waals surface area contributed by atoms with Gasteiger partial charge in [-0.05, 0) is 136 Å². The molecule has 1 aliphatic carbocycles. The first-order chi connectivity index (χ1) is 33.0. The molecule has 0 aromatic heterocycles. The van der Waals surface area contributed by atoms with E-state index in [0.717, 1.165) is 158 Å². The van der Waals surface area contributed by atoms with Crippen molar-refractivity contribution < 1.29 is 33.2 Å². The third-order valence-corrected chi connectivity index (χ3v) is 13.2. The van der Waals surface area contributed by atoms with Crippen LogP contribution in [0.15, 0.2) is 84.9 Å². The molecule has 1 aliphatic rings. The number of benzene rings is 6. The van der Waals surface area contributed by atoms with E-state index in [1.807, 2.05) is 6.07 Å². The van der Waals surface area contributed by atoms with Crippen LogP contribution in [0.3, 0.4) is 0 Å². The average Bonchev–Trinajstić information content (AvgIpc) is 3.66. The fourth-order valence-corrected chi connectivity index (χ4v) is 9.53. The lowest BCUT2D eigenvalue weighted by Crippen LogP contribution is -2.10. The van der Waals surface area contributed by atoms with Gasteiger partial charge in [-0.25, -0.2) is 0 Å². The van der Waals surface area contributed by atoms with Gasteiger partial charge in [0.25, 0.3) is 0 Å². The van der Waals surface area contributed by atoms with Crippen LogP contribution in [0, 0.1) is 0 Å². The van der Waals surface area contributed by atoms with Crippen LogP contribution in [0.25, 0.3) is 43.4 Å². The van der Waals surface area contributed by atoms with E-state index >= 15 is 0 Å². The highest BCUT2D eigenvalue weighted by atomic mass is 16.6. The highest BCUT2D eigenvalue weighted by molar-refractivity contribution is 6.27. The highest BCUT2D eigenvalue weighted by Gasteiger charge is 2.28. The summed E-state index contributed by atoms with van der Waals surface area (Å²) in [5, 5.41) is 5.95. The normalized spacial score (nSPS) is 12.1. The lowest BCUT2D eigenvalue weighted by Gasteiger charge is -2.20. The average molecular weight is 909 g/mol. The lowest BCUT2D eigenvalue weighted by atomic mass is 9.91. The standard InChI is InChI=1S/C60H76O7/c1-6-11-20-32-62-54-37-48-49-38-55(63-33-21-12-7-2)57(65-35-23-14-9-4)40-51(49)53-42-59(58(66-36-24-15-10-5)41-52(53)50(48)39-56(54)64-34-22-13-8-3)67-60(61)31-25-30-47-45-28-18-16-26-43(45)44-27-17-19-29-46(44)47/h16-19,26-29,37-42,47H,6-15,20-25,30-36H2,1-5H3. The van der Waals surface area contributed by atoms with E-state index in [1.165, 1.54) is 22.3 Å². The van der Waals surface area contributed by atoms with Crippen LogP contribution < -0.4 is 28.4 Å². The first kappa shape index (κ1) is 49.5. The fraction of sp³-hybridized carbons (Fsp3) is 0.483. The summed E-state index contributed by atoms with van der Waals surface area (Å²) in [6.45, 7) is 14.0. The van der Waals surface area contributed by atoms with Gasteiger partial charge in [0.15, 0.2) is 34.5 Å². The summed E-state index contributed by atoms with van der Waals surface area (Å²) in [6, 6.07) is 30.1. The topological polar surface area (TPSA) is 72.5 Å². The summed E-state index contributed by atoms with van der Waals surface area (Å²) in [6.07, 6.45) is 17.6. The molecule has 0 saturated carbocycles. The largest absolute Gasteiger partial charge is 0.490 e. The maximum Gasteiger partial charge on any atom is 0.311 e. The number of rotatable bonds is 30. The Morgan fingerprint density at radius 1 is 0.388 bits per heavy atom. The predicted octanol–water partition coefficient (Wildman–Crippen LogP) is 16.9. The van der Waals surface area contributed by atoms with E-state index in [9.17, 15) is 4.79 Å². The van der Waals surface area contributed by atoms with Crippen molar-refractivity contribution in [2.24, 2.45) is 0 Å². The summed E-state index contributed by atoms with van der Waals surface area (Å²) in [5.74, 6) is 3.93. The molecule has 7 nitrogen and oxygen atoms in total. The Bertz CT molecular complexity index is 2430. The molecule has 6 aromatic carbocycles. The summed E-state index contributed by atoms with van der Waals surface area (Å²) in [5.41, 5.74) is 5.26. The van der Waals surface area contributed by atoms with Gasteiger partial charge in [-0.3, -0.25) is 4.79 Å². The minimum atomic E-state index is -0.266. The van der Waals surface area contributed by atoms with Crippen LogP contribution in [0.5, 0.6) is 34.5 Å². The first-order valence-corrected chi connectivity index (χ1v) is 26.1. The molecular weight excluding hydrogens is 833 g/mol. The number of fused-ring (bicyclic) bond motifs is 9. The molecule has 0 radical (unpaired) electrons. The first-order valence-electron chi connectivity index (χ1n) is 26.1. The quantitative estimate of drug-likeness (QED) is 0.0193. The van der Waals surface area contributed by atoms with E-state index < -0.39 is 0 Å². The summed E-state index contributed by atoms with van der Waals surface area (Å²) in [4.78, 5) is 14.0. The van der Waals surface area contributed by atoms with Gasteiger partial charge >= 0.3 is 5.97 Å². The molecule has 0 saturated heterocycles. The number of carbonyl (C=O) groups is 1. The molecule has 67 heavy (non-hydrogen) atoms. The van der Waals surface area contributed by atoms with Crippen molar-refractivity contribution in [3.8, 4) is 45.6 Å². The molecule has 0 aliphatic heterocycles. The molecule has 7 rings (SSSR count). The smallest absolute Gasteiger partial charge is 0.311 e. The maximum atomic E-state index is 14.0. The van der Waals surface area contributed by atoms with E-state index in [-0.39, 0.29) is 11.9 Å². The van der Waals surface area contributed by atoms with Crippen molar-refractivity contribution in [1.82, 2.24) is 0 Å². The minimum absolute atomic E-state index is 0.250. The van der Waals surface area contributed by atoms with Crippen LogP contribution >= 0.6 is 0 Å². The van der Waals surface area contributed by atoms with Gasteiger partial charge in [0.2, 0.25) is 0 Å². The second-order valence-corrected chi connectivity index (χ2v) is 18.4. The molecule has 0 amide bonds. The van der Waals surface area contributed by atoms with Crippen LogP contribution in [0.1, 0.15) is 167 Å². The number of ether oxygens (including phenoxy) is 6. The van der Waals surface area contributed by atoms with Gasteiger partial charge in [0, 0.05) is 12.3 Å². The third kappa shape index (κ3) is 12.6. The minimum Gasteiger partial charge on any atom is -0.490 e. The predicted molar refractivity (Wildman–Crippen MR) is 277 cm³/mol. The molecular formula is C60H76O7. The molecule has 0 fully saturated rings. The van der Waals surface area contributed by atoms with E-state index in [0.29, 0.717) is 57.4 Å². The van der Waals surface area contributed by atoms with Gasteiger partial charge in [0.1, 0.15) is 0 Å². The van der Waals surface area contributed by atoms with Crippen molar-refractivity contribution in [1.29, 1.82) is 0 Å². The van der Waals surface area contributed by atoms with Gasteiger partial charge in [-0.15, -0.1) is 0 Å². The molecule has 0 spiro atoms. The van der Waals surface area contributed by atoms with Crippen LogP contribution in [-0.4, -0.2) is 39.0 Å². The van der Waals surface area contributed by atoms with Crippen LogP contribution in [0.4, 0.5) is 0 Å². The van der Waals surface area contributed by atoms with Gasteiger partial charge < -0.3 is 28.4 Å². The van der Waals surface area contributed by atoms with Crippen molar-refractivity contribution in [3.05, 3.63) is 96.1 Å².